The summed E-state index contributed by atoms with van der Waals surface area (Å²) in [6.45, 7) is 4.30. The lowest BCUT2D eigenvalue weighted by atomic mass is 9.86. The van der Waals surface area contributed by atoms with Gasteiger partial charge in [-0.1, -0.05) is 17.7 Å². The van der Waals surface area contributed by atoms with E-state index in [4.69, 9.17) is 12.2 Å². The van der Waals surface area contributed by atoms with E-state index in [-0.39, 0.29) is 11.5 Å². The summed E-state index contributed by atoms with van der Waals surface area (Å²) in [4.78, 5) is 0. The molecule has 0 aliphatic heterocycles. The van der Waals surface area contributed by atoms with Crippen LogP contribution in [0.4, 0.5) is 0 Å². The highest BCUT2D eigenvalue weighted by molar-refractivity contribution is 7.71. The molecule has 0 radical (unpaired) electrons. The average molecular weight is 365 g/mol. The highest BCUT2D eigenvalue weighted by Gasteiger charge is 2.21. The van der Waals surface area contributed by atoms with Crippen LogP contribution in [0.25, 0.3) is 22.6 Å². The number of phenols is 2. The van der Waals surface area contributed by atoms with Gasteiger partial charge in [-0.15, -0.1) is 0 Å². The van der Waals surface area contributed by atoms with Crippen molar-refractivity contribution in [2.45, 2.75) is 26.7 Å². The van der Waals surface area contributed by atoms with E-state index in [1.807, 2.05) is 16.7 Å². The Morgan fingerprint density at radius 1 is 1.12 bits per heavy atom. The molecule has 1 aromatic heterocycles. The molecule has 0 bridgehead atoms. The van der Waals surface area contributed by atoms with Crippen LogP contribution in [0.3, 0.4) is 0 Å². The molecule has 3 N–H and O–H groups in total. The topological polar surface area (TPSA) is 74.1 Å². The summed E-state index contributed by atoms with van der Waals surface area (Å²) in [5.74, 6) is 0.462. The van der Waals surface area contributed by atoms with E-state index in [1.165, 1.54) is 34.4 Å². The van der Waals surface area contributed by atoms with Crippen LogP contribution < -0.4 is 0 Å². The number of allylic oxidation sites excluding steroid dienone is 2. The van der Waals surface area contributed by atoms with E-state index in [0.29, 0.717) is 16.2 Å². The van der Waals surface area contributed by atoms with Crippen molar-refractivity contribution in [1.29, 1.82) is 0 Å². The lowest BCUT2D eigenvalue weighted by Crippen LogP contribution is -2.08. The minimum Gasteiger partial charge on any atom is -0.508 e. The molecule has 0 unspecified atom stereocenters. The molecular weight excluding hydrogens is 346 g/mol. The predicted octanol–water partition coefficient (Wildman–Crippen LogP) is 4.75. The maximum absolute atomic E-state index is 10.3. The summed E-state index contributed by atoms with van der Waals surface area (Å²) in [5.41, 5.74) is 6.53. The molecule has 1 aliphatic rings. The molecule has 5 nitrogen and oxygen atoms in total. The van der Waals surface area contributed by atoms with Crippen LogP contribution in [-0.2, 0) is 6.42 Å². The molecular formula is C20H19N3O2S. The van der Waals surface area contributed by atoms with E-state index < -0.39 is 0 Å². The summed E-state index contributed by atoms with van der Waals surface area (Å²) in [5, 5.41) is 27.0. The van der Waals surface area contributed by atoms with Crippen molar-refractivity contribution in [3.05, 3.63) is 57.9 Å². The second-order valence-electron chi connectivity index (χ2n) is 6.61. The second kappa shape index (κ2) is 6.14. The van der Waals surface area contributed by atoms with Gasteiger partial charge in [0.05, 0.1) is 11.3 Å². The number of aromatic hydroxyl groups is 2. The van der Waals surface area contributed by atoms with Gasteiger partial charge in [0.25, 0.3) is 0 Å². The normalized spacial score (nSPS) is 13.8. The monoisotopic (exact) mass is 365 g/mol. The predicted molar refractivity (Wildman–Crippen MR) is 104 cm³/mol. The number of fused-ring (bicyclic) bond motifs is 1. The fourth-order valence-corrected chi connectivity index (χ4v) is 3.78. The fourth-order valence-electron chi connectivity index (χ4n) is 3.55. The molecule has 0 fully saturated rings. The van der Waals surface area contributed by atoms with Gasteiger partial charge in [0, 0.05) is 11.6 Å². The molecule has 0 saturated carbocycles. The molecule has 2 aromatic carbocycles. The van der Waals surface area contributed by atoms with Gasteiger partial charge in [-0.3, -0.25) is 9.67 Å². The standard InChI is InChI=1S/C20H19N3O2S/c1-11-6-7-13-4-3-5-16(18(13)12(11)2)23-19(21-22-20(23)26)15-9-8-14(24)10-17(15)25/h3-5,8-10,24-25H,6-7H2,1-2H3,(H,22,26). The number of rotatable bonds is 2. The van der Waals surface area contributed by atoms with Crippen molar-refractivity contribution < 1.29 is 10.2 Å². The van der Waals surface area contributed by atoms with Gasteiger partial charge in [-0.2, -0.15) is 5.10 Å². The maximum Gasteiger partial charge on any atom is 0.200 e. The summed E-state index contributed by atoms with van der Waals surface area (Å²) >= 11 is 5.49. The Morgan fingerprint density at radius 2 is 1.92 bits per heavy atom. The first kappa shape index (κ1) is 16.6. The third-order valence-corrected chi connectivity index (χ3v) is 5.32. The number of benzene rings is 2. The molecule has 0 amide bonds. The molecule has 0 spiro atoms. The quantitative estimate of drug-likeness (QED) is 0.573. The SMILES string of the molecule is CC1=C(C)c2c(cccc2-n2c(-c3ccc(O)cc3O)n[nH]c2=S)CC1. The Hall–Kier alpha value is -2.86. The highest BCUT2D eigenvalue weighted by atomic mass is 32.1. The van der Waals surface area contributed by atoms with Crippen LogP contribution in [-0.4, -0.2) is 25.0 Å². The van der Waals surface area contributed by atoms with Gasteiger partial charge in [-0.25, -0.2) is 0 Å². The molecule has 26 heavy (non-hydrogen) atoms. The first-order chi connectivity index (χ1) is 12.5. The number of hydrogen-bond acceptors (Lipinski definition) is 4. The lowest BCUT2D eigenvalue weighted by molar-refractivity contribution is 0.451. The van der Waals surface area contributed by atoms with Crippen LogP contribution in [0.5, 0.6) is 11.5 Å². The van der Waals surface area contributed by atoms with Crippen molar-refractivity contribution in [2.75, 3.05) is 0 Å². The van der Waals surface area contributed by atoms with Gasteiger partial charge < -0.3 is 10.2 Å². The van der Waals surface area contributed by atoms with Crippen LogP contribution >= 0.6 is 12.2 Å². The molecule has 6 heteroatoms. The van der Waals surface area contributed by atoms with Crippen LogP contribution in [0.15, 0.2) is 42.0 Å². The fraction of sp³-hybridized carbons (Fsp3) is 0.200. The number of phenolic OH excluding ortho intramolecular Hbond substituents is 2. The summed E-state index contributed by atoms with van der Waals surface area (Å²) in [6, 6.07) is 10.6. The van der Waals surface area contributed by atoms with Gasteiger partial charge in [0.1, 0.15) is 11.5 Å². The van der Waals surface area contributed by atoms with Gasteiger partial charge in [0.2, 0.25) is 0 Å². The molecule has 1 heterocycles. The van der Waals surface area contributed by atoms with E-state index in [1.54, 1.807) is 6.07 Å². The van der Waals surface area contributed by atoms with Crippen LogP contribution in [0, 0.1) is 4.77 Å². The Morgan fingerprint density at radius 3 is 2.69 bits per heavy atom. The third-order valence-electron chi connectivity index (χ3n) is 5.05. The molecule has 3 aromatic rings. The zero-order chi connectivity index (χ0) is 18.4. The Bertz CT molecular complexity index is 1110. The van der Waals surface area contributed by atoms with Gasteiger partial charge in [0.15, 0.2) is 10.6 Å². The first-order valence-electron chi connectivity index (χ1n) is 8.46. The number of hydrogen-bond donors (Lipinski definition) is 3. The summed E-state index contributed by atoms with van der Waals surface area (Å²) in [6.07, 6.45) is 2.06. The number of aryl methyl sites for hydroxylation is 1. The van der Waals surface area contributed by atoms with Crippen molar-refractivity contribution in [3.8, 4) is 28.6 Å². The van der Waals surface area contributed by atoms with E-state index in [0.717, 1.165) is 18.5 Å². The third kappa shape index (κ3) is 2.54. The second-order valence-corrected chi connectivity index (χ2v) is 6.99. The number of aromatic amines is 1. The van der Waals surface area contributed by atoms with Crippen molar-refractivity contribution >= 4 is 17.8 Å². The Labute approximate surface area is 156 Å². The lowest BCUT2D eigenvalue weighted by Gasteiger charge is -2.23. The number of aromatic nitrogens is 3. The average Bonchev–Trinajstić information content (AvgIpc) is 2.99. The number of nitrogens with one attached hydrogen (secondary N) is 1. The molecule has 4 rings (SSSR count). The van der Waals surface area contributed by atoms with Crippen LogP contribution in [0.1, 0.15) is 31.4 Å². The minimum absolute atomic E-state index is 0.00146. The Balaban J connectivity index is 2.01. The zero-order valence-electron chi connectivity index (χ0n) is 14.6. The van der Waals surface area contributed by atoms with E-state index in [9.17, 15) is 10.2 Å². The van der Waals surface area contributed by atoms with Gasteiger partial charge >= 0.3 is 0 Å². The van der Waals surface area contributed by atoms with Crippen molar-refractivity contribution in [2.24, 2.45) is 0 Å². The zero-order valence-corrected chi connectivity index (χ0v) is 15.4. The first-order valence-corrected chi connectivity index (χ1v) is 8.87. The van der Waals surface area contributed by atoms with Crippen molar-refractivity contribution in [3.63, 3.8) is 0 Å². The molecule has 0 saturated heterocycles. The van der Waals surface area contributed by atoms with Gasteiger partial charge in [-0.05, 0) is 68.2 Å². The number of nitrogens with zero attached hydrogens (tertiary/aromatic N) is 2. The summed E-state index contributed by atoms with van der Waals surface area (Å²) in [7, 11) is 0. The maximum atomic E-state index is 10.3. The molecule has 132 valence electrons. The molecule has 1 aliphatic carbocycles. The minimum atomic E-state index is -0.0477. The molecule has 0 atom stereocenters. The van der Waals surface area contributed by atoms with Crippen LogP contribution in [0.2, 0.25) is 0 Å². The smallest absolute Gasteiger partial charge is 0.200 e. The van der Waals surface area contributed by atoms with Crippen molar-refractivity contribution in [1.82, 2.24) is 14.8 Å². The highest BCUT2D eigenvalue weighted by Crippen LogP contribution is 2.38. The Kier molecular flexibility index (Phi) is 3.92. The van der Waals surface area contributed by atoms with E-state index in [2.05, 4.69) is 30.1 Å². The van der Waals surface area contributed by atoms with E-state index >= 15 is 0 Å². The number of H-pyrrole nitrogens is 1. The summed E-state index contributed by atoms with van der Waals surface area (Å²) < 4.78 is 2.31. The largest absolute Gasteiger partial charge is 0.508 e.